The van der Waals surface area contributed by atoms with E-state index in [4.69, 9.17) is 21.4 Å². The summed E-state index contributed by atoms with van der Waals surface area (Å²) in [4.78, 5) is 2.40. The number of benzene rings is 1. The molecule has 1 aliphatic heterocycles. The van der Waals surface area contributed by atoms with Gasteiger partial charge in [-0.15, -0.1) is 10.2 Å². The zero-order chi connectivity index (χ0) is 21.4. The van der Waals surface area contributed by atoms with Gasteiger partial charge in [0.25, 0.3) is 0 Å². The number of likely N-dealkylation sites (tertiary alicyclic amines) is 1. The van der Waals surface area contributed by atoms with Crippen LogP contribution in [0.3, 0.4) is 0 Å². The van der Waals surface area contributed by atoms with Crippen LogP contribution in [0.1, 0.15) is 6.42 Å². The fourth-order valence-electron chi connectivity index (χ4n) is 4.27. The van der Waals surface area contributed by atoms with Crippen LogP contribution in [0.15, 0.2) is 48.7 Å². The molecule has 0 amide bonds. The molecule has 0 aliphatic carbocycles. The number of halogens is 1. The third-order valence-corrected chi connectivity index (χ3v) is 6.39. The number of methoxy groups -OCH3 is 1. The van der Waals surface area contributed by atoms with Crippen molar-refractivity contribution in [2.24, 2.45) is 7.05 Å². The summed E-state index contributed by atoms with van der Waals surface area (Å²) in [6.45, 7) is 3.58. The van der Waals surface area contributed by atoms with Crippen molar-refractivity contribution in [3.63, 3.8) is 0 Å². The van der Waals surface area contributed by atoms with Crippen molar-refractivity contribution in [1.29, 1.82) is 0 Å². The Kier molecular flexibility index (Phi) is 5.48. The van der Waals surface area contributed by atoms with Gasteiger partial charge in [-0.3, -0.25) is 4.90 Å². The van der Waals surface area contributed by atoms with Crippen molar-refractivity contribution >= 4 is 22.6 Å². The maximum atomic E-state index is 6.94. The van der Waals surface area contributed by atoms with Crippen LogP contribution in [-0.4, -0.2) is 62.3 Å². The minimum absolute atomic E-state index is 0.316. The van der Waals surface area contributed by atoms with Crippen LogP contribution in [0.4, 0.5) is 0 Å². The summed E-state index contributed by atoms with van der Waals surface area (Å²) < 4.78 is 9.48. The van der Waals surface area contributed by atoms with Gasteiger partial charge in [-0.05, 0) is 18.6 Å². The molecule has 0 bridgehead atoms. The molecule has 0 radical (unpaired) electrons. The van der Waals surface area contributed by atoms with Gasteiger partial charge < -0.3 is 9.30 Å². The molecule has 8 heteroatoms. The highest BCUT2D eigenvalue weighted by Gasteiger charge is 2.24. The Hall–Kier alpha value is -2.74. The SMILES string of the molecule is CO[C@@H]1CCN(CCn2nc(-c3cccn3C)c3c(Cl)c(-c4ccccc4)nnc32)C1. The Morgan fingerprint density at radius 3 is 2.61 bits per heavy atom. The molecule has 1 atom stereocenters. The molecule has 160 valence electrons. The lowest BCUT2D eigenvalue weighted by atomic mass is 10.1. The maximum absolute atomic E-state index is 6.94. The van der Waals surface area contributed by atoms with E-state index >= 15 is 0 Å². The maximum Gasteiger partial charge on any atom is 0.182 e. The van der Waals surface area contributed by atoms with Gasteiger partial charge in [0, 0.05) is 45.6 Å². The van der Waals surface area contributed by atoms with E-state index in [1.807, 2.05) is 54.3 Å². The van der Waals surface area contributed by atoms with Gasteiger partial charge >= 0.3 is 0 Å². The largest absolute Gasteiger partial charge is 0.380 e. The van der Waals surface area contributed by atoms with Gasteiger partial charge in [0.05, 0.1) is 28.8 Å². The molecule has 31 heavy (non-hydrogen) atoms. The summed E-state index contributed by atoms with van der Waals surface area (Å²) in [6.07, 6.45) is 3.39. The average Bonchev–Trinajstić information content (AvgIpc) is 3.51. The van der Waals surface area contributed by atoms with Crippen LogP contribution in [0.25, 0.3) is 33.7 Å². The van der Waals surface area contributed by atoms with Crippen LogP contribution >= 0.6 is 11.6 Å². The van der Waals surface area contributed by atoms with Gasteiger partial charge in [0.15, 0.2) is 5.65 Å². The summed E-state index contributed by atoms with van der Waals surface area (Å²) in [5.74, 6) is 0. The van der Waals surface area contributed by atoms with E-state index < -0.39 is 0 Å². The van der Waals surface area contributed by atoms with Gasteiger partial charge in [-0.2, -0.15) is 5.10 Å². The quantitative estimate of drug-likeness (QED) is 0.459. The molecular formula is C23H25ClN6O. The third kappa shape index (κ3) is 3.73. The van der Waals surface area contributed by atoms with Crippen LogP contribution in [-0.2, 0) is 18.3 Å². The fraction of sp³-hybridized carbons (Fsp3) is 0.348. The summed E-state index contributed by atoms with van der Waals surface area (Å²) in [5.41, 5.74) is 4.15. The molecule has 3 aromatic heterocycles. The van der Waals surface area contributed by atoms with E-state index in [0.29, 0.717) is 29.0 Å². The molecular weight excluding hydrogens is 412 g/mol. The Labute approximate surface area is 186 Å². The first kappa shape index (κ1) is 20.2. The minimum Gasteiger partial charge on any atom is -0.380 e. The molecule has 0 spiro atoms. The lowest BCUT2D eigenvalue weighted by Crippen LogP contribution is -2.27. The van der Waals surface area contributed by atoms with Crippen molar-refractivity contribution in [2.75, 3.05) is 26.7 Å². The number of hydrogen-bond acceptors (Lipinski definition) is 5. The van der Waals surface area contributed by atoms with E-state index in [0.717, 1.165) is 48.4 Å². The predicted octanol–water partition coefficient (Wildman–Crippen LogP) is 3.87. The van der Waals surface area contributed by atoms with E-state index in [2.05, 4.69) is 25.7 Å². The highest BCUT2D eigenvalue weighted by molar-refractivity contribution is 6.38. The number of ether oxygens (including phenoxy) is 1. The number of fused-ring (bicyclic) bond motifs is 1. The molecule has 7 nitrogen and oxygen atoms in total. The Balaban J connectivity index is 1.57. The van der Waals surface area contributed by atoms with Crippen LogP contribution < -0.4 is 0 Å². The summed E-state index contributed by atoms with van der Waals surface area (Å²) in [5, 5.41) is 15.4. The molecule has 1 aromatic carbocycles. The summed E-state index contributed by atoms with van der Waals surface area (Å²) in [6, 6.07) is 14.0. The smallest absolute Gasteiger partial charge is 0.182 e. The molecule has 0 unspecified atom stereocenters. The Morgan fingerprint density at radius 1 is 1.06 bits per heavy atom. The monoisotopic (exact) mass is 436 g/mol. The van der Waals surface area contributed by atoms with Crippen molar-refractivity contribution in [1.82, 2.24) is 29.4 Å². The van der Waals surface area contributed by atoms with Gasteiger partial charge in [0.2, 0.25) is 0 Å². The molecule has 5 rings (SSSR count). The highest BCUT2D eigenvalue weighted by atomic mass is 35.5. The molecule has 4 aromatic rings. The van der Waals surface area contributed by atoms with Gasteiger partial charge in [0.1, 0.15) is 11.4 Å². The van der Waals surface area contributed by atoms with Gasteiger partial charge in [-0.1, -0.05) is 41.9 Å². The first-order valence-corrected chi connectivity index (χ1v) is 10.9. The first-order valence-electron chi connectivity index (χ1n) is 10.5. The van der Waals surface area contributed by atoms with Crippen molar-refractivity contribution in [3.05, 3.63) is 53.7 Å². The number of hydrogen-bond donors (Lipinski definition) is 0. The Morgan fingerprint density at radius 2 is 1.90 bits per heavy atom. The highest BCUT2D eigenvalue weighted by Crippen LogP contribution is 2.37. The zero-order valence-corrected chi connectivity index (χ0v) is 18.5. The van der Waals surface area contributed by atoms with E-state index in [9.17, 15) is 0 Å². The van der Waals surface area contributed by atoms with Crippen molar-refractivity contribution < 1.29 is 4.74 Å². The second-order valence-electron chi connectivity index (χ2n) is 7.95. The predicted molar refractivity (Wildman–Crippen MR) is 122 cm³/mol. The minimum atomic E-state index is 0.316. The number of aromatic nitrogens is 5. The molecule has 1 fully saturated rings. The number of rotatable bonds is 6. The van der Waals surface area contributed by atoms with Crippen LogP contribution in [0.5, 0.6) is 0 Å². The van der Waals surface area contributed by atoms with E-state index in [-0.39, 0.29) is 0 Å². The number of aryl methyl sites for hydroxylation is 1. The standard InChI is InChI=1S/C23H25ClN6O/c1-28-11-6-9-18(28)22-19-20(24)21(16-7-4-3-5-8-16)25-26-23(19)30(27-22)14-13-29-12-10-17(15-29)31-2/h3-9,11,17H,10,12-15H2,1-2H3/t17-/m1/s1. The lowest BCUT2D eigenvalue weighted by Gasteiger charge is -2.15. The van der Waals surface area contributed by atoms with Crippen molar-refractivity contribution in [3.8, 4) is 22.6 Å². The van der Waals surface area contributed by atoms with Crippen LogP contribution in [0.2, 0.25) is 5.02 Å². The number of nitrogens with zero attached hydrogens (tertiary/aromatic N) is 6. The van der Waals surface area contributed by atoms with Gasteiger partial charge in [-0.25, -0.2) is 4.68 Å². The van der Waals surface area contributed by atoms with Crippen molar-refractivity contribution in [2.45, 2.75) is 19.1 Å². The van der Waals surface area contributed by atoms with E-state index in [1.165, 1.54) is 0 Å². The molecule has 0 N–H and O–H groups in total. The fourth-order valence-corrected chi connectivity index (χ4v) is 4.59. The molecule has 1 aliphatic rings. The summed E-state index contributed by atoms with van der Waals surface area (Å²) >= 11 is 6.94. The summed E-state index contributed by atoms with van der Waals surface area (Å²) in [7, 11) is 3.79. The second kappa shape index (κ2) is 8.42. The zero-order valence-electron chi connectivity index (χ0n) is 17.7. The Bertz CT molecular complexity index is 1200. The second-order valence-corrected chi connectivity index (χ2v) is 8.33. The molecule has 1 saturated heterocycles. The normalized spacial score (nSPS) is 17.1. The van der Waals surface area contributed by atoms with E-state index in [1.54, 1.807) is 7.11 Å². The lowest BCUT2D eigenvalue weighted by molar-refractivity contribution is 0.107. The molecule has 0 saturated carbocycles. The first-order chi connectivity index (χ1) is 15.2. The third-order valence-electron chi connectivity index (χ3n) is 6.02. The molecule has 4 heterocycles. The topological polar surface area (TPSA) is 61.0 Å². The average molecular weight is 437 g/mol. The van der Waals surface area contributed by atoms with Crippen LogP contribution in [0, 0.1) is 0 Å².